The second-order valence-electron chi connectivity index (χ2n) is 5.96. The van der Waals surface area contributed by atoms with E-state index in [-0.39, 0.29) is 12.1 Å². The number of rotatable bonds is 5. The van der Waals surface area contributed by atoms with Gasteiger partial charge in [0.15, 0.2) is 0 Å². The predicted octanol–water partition coefficient (Wildman–Crippen LogP) is 2.27. The summed E-state index contributed by atoms with van der Waals surface area (Å²) in [6.07, 6.45) is 7.77. The molecule has 0 amide bonds. The van der Waals surface area contributed by atoms with Crippen LogP contribution in [0.1, 0.15) is 51.9 Å². The van der Waals surface area contributed by atoms with Gasteiger partial charge in [0.25, 0.3) is 0 Å². The Kier molecular flexibility index (Phi) is 5.22. The average molecular weight is 269 g/mol. The van der Waals surface area contributed by atoms with Crippen LogP contribution in [0.3, 0.4) is 0 Å². The van der Waals surface area contributed by atoms with Crippen molar-refractivity contribution in [2.24, 2.45) is 5.92 Å². The number of carbonyl (C=O) groups is 1. The first kappa shape index (κ1) is 14.8. The second-order valence-corrected chi connectivity index (χ2v) is 5.96. The maximum absolute atomic E-state index is 12.2. The van der Waals surface area contributed by atoms with E-state index in [4.69, 9.17) is 9.47 Å². The van der Waals surface area contributed by atoms with Crippen molar-refractivity contribution in [3.8, 4) is 0 Å². The molecule has 4 nitrogen and oxygen atoms in total. The van der Waals surface area contributed by atoms with E-state index in [1.54, 1.807) is 0 Å². The second kappa shape index (κ2) is 6.71. The molecule has 110 valence electrons. The van der Waals surface area contributed by atoms with Crippen LogP contribution in [0.4, 0.5) is 0 Å². The van der Waals surface area contributed by atoms with E-state index in [1.165, 1.54) is 13.5 Å². The van der Waals surface area contributed by atoms with Gasteiger partial charge in [0, 0.05) is 13.2 Å². The molecule has 1 N–H and O–H groups in total. The van der Waals surface area contributed by atoms with Crippen molar-refractivity contribution in [3.05, 3.63) is 0 Å². The molecule has 3 unspecified atom stereocenters. The lowest BCUT2D eigenvalue weighted by Crippen LogP contribution is -2.57. The summed E-state index contributed by atoms with van der Waals surface area (Å²) in [6, 6.07) is 0. The molecule has 2 aliphatic rings. The lowest BCUT2D eigenvalue weighted by Gasteiger charge is -2.39. The van der Waals surface area contributed by atoms with Crippen molar-refractivity contribution >= 4 is 5.97 Å². The number of hydrogen-bond acceptors (Lipinski definition) is 4. The molecule has 0 radical (unpaired) electrons. The number of methoxy groups -OCH3 is 1. The number of carbonyl (C=O) groups excluding carboxylic acids is 1. The Morgan fingerprint density at radius 3 is 2.89 bits per heavy atom. The van der Waals surface area contributed by atoms with E-state index in [0.717, 1.165) is 51.7 Å². The molecule has 1 aliphatic carbocycles. The van der Waals surface area contributed by atoms with Crippen molar-refractivity contribution in [2.75, 3.05) is 20.3 Å². The summed E-state index contributed by atoms with van der Waals surface area (Å²) in [6.45, 7) is 3.83. The summed E-state index contributed by atoms with van der Waals surface area (Å²) in [4.78, 5) is 12.2. The topological polar surface area (TPSA) is 47.6 Å². The lowest BCUT2D eigenvalue weighted by molar-refractivity contribution is -0.151. The summed E-state index contributed by atoms with van der Waals surface area (Å²) in [5, 5.41) is 3.49. The molecule has 1 saturated heterocycles. The van der Waals surface area contributed by atoms with Gasteiger partial charge in [0.05, 0.1) is 13.2 Å². The minimum atomic E-state index is -0.473. The van der Waals surface area contributed by atoms with E-state index in [9.17, 15) is 4.79 Å². The number of nitrogens with one attached hydrogen (secondary N) is 1. The molecule has 1 saturated carbocycles. The van der Waals surface area contributed by atoms with E-state index < -0.39 is 5.54 Å². The van der Waals surface area contributed by atoms with E-state index in [0.29, 0.717) is 5.92 Å². The van der Waals surface area contributed by atoms with Gasteiger partial charge in [0.2, 0.25) is 0 Å². The first-order valence-electron chi connectivity index (χ1n) is 7.65. The summed E-state index contributed by atoms with van der Waals surface area (Å²) in [5.41, 5.74) is -0.473. The number of esters is 1. The van der Waals surface area contributed by atoms with Gasteiger partial charge in [-0.1, -0.05) is 26.2 Å². The van der Waals surface area contributed by atoms with E-state index in [2.05, 4.69) is 12.2 Å². The highest BCUT2D eigenvalue weighted by Crippen LogP contribution is 2.35. The molecular formula is C15H27NO3. The third-order valence-corrected chi connectivity index (χ3v) is 4.70. The largest absolute Gasteiger partial charge is 0.468 e. The lowest BCUT2D eigenvalue weighted by atomic mass is 9.74. The molecule has 0 aromatic heterocycles. The Bertz CT molecular complexity index is 302. The monoisotopic (exact) mass is 269 g/mol. The van der Waals surface area contributed by atoms with Crippen LogP contribution in [0.25, 0.3) is 0 Å². The van der Waals surface area contributed by atoms with Gasteiger partial charge in [-0.3, -0.25) is 10.1 Å². The first-order chi connectivity index (χ1) is 9.20. The number of hydrogen-bond donors (Lipinski definition) is 1. The molecule has 0 aromatic carbocycles. The average Bonchev–Trinajstić information content (AvgIpc) is 2.97. The van der Waals surface area contributed by atoms with Crippen LogP contribution in [0.15, 0.2) is 0 Å². The SMILES string of the molecule is CCC1CCCC(NCC2CCCO2)(C(=O)OC)C1. The fourth-order valence-corrected chi connectivity index (χ4v) is 3.47. The van der Waals surface area contributed by atoms with E-state index in [1.807, 2.05) is 0 Å². The molecule has 2 rings (SSSR count). The fraction of sp³-hybridized carbons (Fsp3) is 0.933. The molecule has 3 atom stereocenters. The molecule has 0 bridgehead atoms. The zero-order valence-corrected chi connectivity index (χ0v) is 12.2. The Hall–Kier alpha value is -0.610. The van der Waals surface area contributed by atoms with Gasteiger partial charge in [0.1, 0.15) is 5.54 Å². The Balaban J connectivity index is 1.99. The Morgan fingerprint density at radius 2 is 2.26 bits per heavy atom. The van der Waals surface area contributed by atoms with Crippen LogP contribution >= 0.6 is 0 Å². The smallest absolute Gasteiger partial charge is 0.326 e. The minimum absolute atomic E-state index is 0.0938. The third-order valence-electron chi connectivity index (χ3n) is 4.70. The fourth-order valence-electron chi connectivity index (χ4n) is 3.47. The molecular weight excluding hydrogens is 242 g/mol. The summed E-state index contributed by atoms with van der Waals surface area (Å²) in [7, 11) is 1.49. The Morgan fingerprint density at radius 1 is 1.42 bits per heavy atom. The van der Waals surface area contributed by atoms with Crippen LogP contribution in [0.5, 0.6) is 0 Å². The van der Waals surface area contributed by atoms with Gasteiger partial charge in [-0.25, -0.2) is 0 Å². The van der Waals surface area contributed by atoms with Crippen LogP contribution < -0.4 is 5.32 Å². The van der Waals surface area contributed by atoms with Gasteiger partial charge in [-0.05, 0) is 31.6 Å². The van der Waals surface area contributed by atoms with Crippen molar-refractivity contribution in [1.29, 1.82) is 0 Å². The first-order valence-corrected chi connectivity index (χ1v) is 7.65. The minimum Gasteiger partial charge on any atom is -0.468 e. The van der Waals surface area contributed by atoms with Crippen LogP contribution in [0.2, 0.25) is 0 Å². The van der Waals surface area contributed by atoms with Gasteiger partial charge < -0.3 is 9.47 Å². The predicted molar refractivity (Wildman–Crippen MR) is 74.0 cm³/mol. The van der Waals surface area contributed by atoms with Crippen LogP contribution in [-0.2, 0) is 14.3 Å². The van der Waals surface area contributed by atoms with E-state index >= 15 is 0 Å². The van der Waals surface area contributed by atoms with Crippen LogP contribution in [0, 0.1) is 5.92 Å². The zero-order chi connectivity index (χ0) is 13.7. The molecule has 1 heterocycles. The highest BCUT2D eigenvalue weighted by molar-refractivity contribution is 5.81. The number of ether oxygens (including phenoxy) is 2. The van der Waals surface area contributed by atoms with Crippen molar-refractivity contribution in [3.63, 3.8) is 0 Å². The molecule has 0 spiro atoms. The normalized spacial score (nSPS) is 35.3. The highest BCUT2D eigenvalue weighted by Gasteiger charge is 2.43. The molecule has 4 heteroatoms. The Labute approximate surface area is 116 Å². The summed E-state index contributed by atoms with van der Waals surface area (Å²) < 4.78 is 10.7. The van der Waals surface area contributed by atoms with Crippen molar-refractivity contribution < 1.29 is 14.3 Å². The zero-order valence-electron chi connectivity index (χ0n) is 12.2. The van der Waals surface area contributed by atoms with Crippen LogP contribution in [-0.4, -0.2) is 37.9 Å². The summed E-state index contributed by atoms with van der Waals surface area (Å²) >= 11 is 0. The highest BCUT2D eigenvalue weighted by atomic mass is 16.5. The van der Waals surface area contributed by atoms with Gasteiger partial charge in [-0.15, -0.1) is 0 Å². The third kappa shape index (κ3) is 3.48. The molecule has 19 heavy (non-hydrogen) atoms. The standard InChI is InChI=1S/C15H27NO3/c1-3-12-6-4-8-15(10-12,14(17)18-2)16-11-13-7-5-9-19-13/h12-13,16H,3-11H2,1-2H3. The maximum Gasteiger partial charge on any atom is 0.326 e. The quantitative estimate of drug-likeness (QED) is 0.778. The van der Waals surface area contributed by atoms with Gasteiger partial charge >= 0.3 is 5.97 Å². The van der Waals surface area contributed by atoms with Crippen molar-refractivity contribution in [2.45, 2.75) is 63.5 Å². The molecule has 2 fully saturated rings. The van der Waals surface area contributed by atoms with Crippen molar-refractivity contribution in [1.82, 2.24) is 5.32 Å². The molecule has 1 aliphatic heterocycles. The maximum atomic E-state index is 12.2. The summed E-state index contributed by atoms with van der Waals surface area (Å²) in [5.74, 6) is 0.536. The van der Waals surface area contributed by atoms with Gasteiger partial charge in [-0.2, -0.15) is 0 Å². The molecule has 0 aromatic rings.